The number of hydrogen-bond donors (Lipinski definition) is 8. The molecular formula is C56H95N7O8. The molecule has 0 aliphatic rings. The summed E-state index contributed by atoms with van der Waals surface area (Å²) in [6.07, 6.45) is 34.7. The molecule has 0 saturated heterocycles. The van der Waals surface area contributed by atoms with Gasteiger partial charge in [0.2, 0.25) is 35.4 Å². The van der Waals surface area contributed by atoms with E-state index in [0.29, 0.717) is 32.2 Å². The molecule has 15 heteroatoms. The van der Waals surface area contributed by atoms with Crippen molar-refractivity contribution in [2.24, 2.45) is 0 Å². The van der Waals surface area contributed by atoms with Gasteiger partial charge in [-0.3, -0.25) is 33.6 Å². The van der Waals surface area contributed by atoms with E-state index >= 15 is 0 Å². The van der Waals surface area contributed by atoms with Crippen molar-refractivity contribution in [2.75, 3.05) is 20.1 Å². The SMILES string of the molecule is CCCCCCCCCCCCCCCC(=O)NCCCC[C@H](NC(=O)CCCCCCCCCCCCCCC)C(=O)NCC(=O)N[C@@H](CC(=O)O)C(=O)N[C@@H](Cc1c[nH]c2ccccc12)C(=O)NC. The topological polar surface area (TPSA) is 228 Å². The molecule has 0 aliphatic heterocycles. The third kappa shape index (κ3) is 30.5. The lowest BCUT2D eigenvalue weighted by Crippen LogP contribution is -2.56. The van der Waals surface area contributed by atoms with Gasteiger partial charge in [-0.15, -0.1) is 0 Å². The maximum Gasteiger partial charge on any atom is 0.305 e. The second-order valence-corrected chi connectivity index (χ2v) is 19.6. The summed E-state index contributed by atoms with van der Waals surface area (Å²) in [7, 11) is 1.42. The molecule has 1 aromatic heterocycles. The van der Waals surface area contributed by atoms with Gasteiger partial charge >= 0.3 is 5.97 Å². The Labute approximate surface area is 426 Å². The fourth-order valence-corrected chi connectivity index (χ4v) is 9.03. The number of benzene rings is 1. The Bertz CT molecular complexity index is 1800. The average molecular weight is 994 g/mol. The van der Waals surface area contributed by atoms with Crippen LogP contribution in [0.1, 0.15) is 225 Å². The summed E-state index contributed by atoms with van der Waals surface area (Å²) in [5.41, 5.74) is 1.60. The van der Waals surface area contributed by atoms with Crippen LogP contribution in [0.3, 0.4) is 0 Å². The molecule has 0 aliphatic carbocycles. The predicted molar refractivity (Wildman–Crippen MR) is 285 cm³/mol. The quantitative estimate of drug-likeness (QED) is 0.0297. The smallest absolute Gasteiger partial charge is 0.305 e. The number of nitrogens with one attached hydrogen (secondary N) is 7. The van der Waals surface area contributed by atoms with E-state index in [9.17, 15) is 38.7 Å². The summed E-state index contributed by atoms with van der Waals surface area (Å²) in [4.78, 5) is 93.7. The number of carboxylic acid groups (broad SMARTS) is 1. The third-order valence-electron chi connectivity index (χ3n) is 13.3. The van der Waals surface area contributed by atoms with E-state index in [1.54, 1.807) is 6.20 Å². The third-order valence-corrected chi connectivity index (χ3v) is 13.3. The van der Waals surface area contributed by atoms with E-state index in [1.165, 1.54) is 129 Å². The molecule has 1 heterocycles. The van der Waals surface area contributed by atoms with Crippen LogP contribution in [-0.2, 0) is 40.0 Å². The number of hydrogen-bond acceptors (Lipinski definition) is 7. The normalized spacial score (nSPS) is 12.4. The molecule has 0 spiro atoms. The van der Waals surface area contributed by atoms with Crippen LogP contribution in [0, 0.1) is 0 Å². The van der Waals surface area contributed by atoms with E-state index in [1.807, 2.05) is 24.3 Å². The number of carboxylic acids is 1. The van der Waals surface area contributed by atoms with Crippen LogP contribution in [0.5, 0.6) is 0 Å². The molecule has 1 aromatic carbocycles. The number of amides is 6. The summed E-state index contributed by atoms with van der Waals surface area (Å²) >= 11 is 0. The Morgan fingerprint density at radius 1 is 0.507 bits per heavy atom. The van der Waals surface area contributed by atoms with E-state index in [0.717, 1.165) is 55.0 Å². The molecule has 8 N–H and O–H groups in total. The molecule has 0 saturated carbocycles. The van der Waals surface area contributed by atoms with Crippen LogP contribution in [0.15, 0.2) is 30.5 Å². The van der Waals surface area contributed by atoms with Crippen LogP contribution < -0.4 is 31.9 Å². The van der Waals surface area contributed by atoms with Crippen molar-refractivity contribution in [1.82, 2.24) is 36.9 Å². The fraction of sp³-hybridized carbons (Fsp3) is 0.732. The van der Waals surface area contributed by atoms with Crippen molar-refractivity contribution in [1.29, 1.82) is 0 Å². The molecule has 402 valence electrons. The molecule has 2 rings (SSSR count). The Kier molecular flexibility index (Phi) is 35.6. The number of aromatic amines is 1. The highest BCUT2D eigenvalue weighted by Crippen LogP contribution is 2.20. The number of para-hydroxylation sites is 1. The van der Waals surface area contributed by atoms with Gasteiger partial charge < -0.3 is 42.0 Å². The number of unbranched alkanes of at least 4 members (excludes halogenated alkanes) is 25. The van der Waals surface area contributed by atoms with Gasteiger partial charge in [-0.1, -0.05) is 186 Å². The summed E-state index contributed by atoms with van der Waals surface area (Å²) in [6.45, 7) is 4.34. The summed E-state index contributed by atoms with van der Waals surface area (Å²) in [5, 5.41) is 26.4. The van der Waals surface area contributed by atoms with Gasteiger partial charge in [-0.05, 0) is 43.7 Å². The summed E-state index contributed by atoms with van der Waals surface area (Å²) < 4.78 is 0. The number of likely N-dealkylation sites (N-methyl/N-ethyl adjacent to an activating group) is 1. The Balaban J connectivity index is 1.86. The molecule has 2 aromatic rings. The van der Waals surface area contributed by atoms with Crippen molar-refractivity contribution in [3.63, 3.8) is 0 Å². The number of aromatic nitrogens is 1. The second-order valence-electron chi connectivity index (χ2n) is 19.6. The highest BCUT2D eigenvalue weighted by Gasteiger charge is 2.29. The van der Waals surface area contributed by atoms with Gasteiger partial charge in [0, 0.05) is 50.0 Å². The van der Waals surface area contributed by atoms with Gasteiger partial charge in [-0.2, -0.15) is 0 Å². The summed E-state index contributed by atoms with van der Waals surface area (Å²) in [6, 6.07) is 3.89. The highest BCUT2D eigenvalue weighted by molar-refractivity contribution is 5.96. The van der Waals surface area contributed by atoms with E-state index in [-0.39, 0.29) is 31.1 Å². The minimum absolute atomic E-state index is 0.00722. The zero-order valence-electron chi connectivity index (χ0n) is 44.2. The second kappa shape index (κ2) is 40.6. The van der Waals surface area contributed by atoms with Crippen LogP contribution in [0.4, 0.5) is 0 Å². The minimum Gasteiger partial charge on any atom is -0.481 e. The number of fused-ring (bicyclic) bond motifs is 1. The molecule has 3 atom stereocenters. The Morgan fingerprint density at radius 2 is 1.00 bits per heavy atom. The fourth-order valence-electron chi connectivity index (χ4n) is 9.03. The molecule has 0 radical (unpaired) electrons. The number of H-pyrrole nitrogens is 1. The van der Waals surface area contributed by atoms with Gasteiger partial charge in [-0.25, -0.2) is 0 Å². The lowest BCUT2D eigenvalue weighted by Gasteiger charge is -2.22. The average Bonchev–Trinajstić information content (AvgIpc) is 3.77. The van der Waals surface area contributed by atoms with Gasteiger partial charge in [0.25, 0.3) is 0 Å². The first kappa shape index (κ1) is 62.2. The zero-order chi connectivity index (χ0) is 51.7. The van der Waals surface area contributed by atoms with Gasteiger partial charge in [0.05, 0.1) is 13.0 Å². The van der Waals surface area contributed by atoms with Gasteiger partial charge in [0.1, 0.15) is 18.1 Å². The highest BCUT2D eigenvalue weighted by atomic mass is 16.4. The first-order valence-electron chi connectivity index (χ1n) is 27.9. The first-order valence-corrected chi connectivity index (χ1v) is 27.9. The lowest BCUT2D eigenvalue weighted by atomic mass is 10.0. The van der Waals surface area contributed by atoms with E-state index in [2.05, 4.69) is 50.7 Å². The monoisotopic (exact) mass is 994 g/mol. The molecule has 0 fully saturated rings. The number of rotatable bonds is 45. The maximum atomic E-state index is 13.5. The molecular weight excluding hydrogens is 899 g/mol. The van der Waals surface area contributed by atoms with Crippen molar-refractivity contribution in [2.45, 2.75) is 244 Å². The van der Waals surface area contributed by atoms with Crippen molar-refractivity contribution >= 4 is 52.3 Å². The Morgan fingerprint density at radius 3 is 1.52 bits per heavy atom. The number of carbonyl (C=O) groups is 7. The zero-order valence-corrected chi connectivity index (χ0v) is 44.2. The predicted octanol–water partition coefficient (Wildman–Crippen LogP) is 9.75. The first-order chi connectivity index (χ1) is 34.5. The van der Waals surface area contributed by atoms with Crippen LogP contribution in [0.25, 0.3) is 10.9 Å². The summed E-state index contributed by atoms with van der Waals surface area (Å²) in [5.74, 6) is -4.42. The maximum absolute atomic E-state index is 13.5. The molecule has 15 nitrogen and oxygen atoms in total. The van der Waals surface area contributed by atoms with Crippen molar-refractivity contribution in [3.8, 4) is 0 Å². The van der Waals surface area contributed by atoms with Crippen molar-refractivity contribution < 1.29 is 38.7 Å². The molecule has 0 unspecified atom stereocenters. The standard InChI is InChI=1S/C56H95N7O8/c1-4-6-8-10-12-14-16-18-20-22-24-26-28-37-50(64)58-39-33-32-36-47(61-51(65)38-29-27-25-23-21-19-17-15-13-11-9-7-5-2)55(70)60-43-52(66)62-49(41-53(67)68)56(71)63-48(54(69)57-3)40-44-42-59-46-35-31-30-34-45(44)46/h30-31,34-35,42,47-49,59H,4-29,32-33,36-41,43H2,1-3H3,(H,57,69)(H,58,64)(H,60,70)(H,61,65)(H,62,66)(H,63,71)(H,67,68)/t47-,48-,49-/m0/s1. The minimum atomic E-state index is -1.55. The van der Waals surface area contributed by atoms with E-state index < -0.39 is 60.7 Å². The van der Waals surface area contributed by atoms with Crippen LogP contribution in [0.2, 0.25) is 0 Å². The number of aliphatic carboxylic acids is 1. The lowest BCUT2D eigenvalue weighted by molar-refractivity contribution is -0.141. The molecule has 6 amide bonds. The van der Waals surface area contributed by atoms with Crippen molar-refractivity contribution in [3.05, 3.63) is 36.0 Å². The molecule has 0 bridgehead atoms. The Hall–Kier alpha value is -4.95. The van der Waals surface area contributed by atoms with Crippen LogP contribution >= 0.6 is 0 Å². The van der Waals surface area contributed by atoms with Gasteiger partial charge in [0.15, 0.2) is 0 Å². The largest absolute Gasteiger partial charge is 0.481 e. The van der Waals surface area contributed by atoms with E-state index in [4.69, 9.17) is 0 Å². The molecule has 71 heavy (non-hydrogen) atoms. The van der Waals surface area contributed by atoms with Crippen LogP contribution in [-0.4, -0.2) is 89.8 Å². The number of carbonyl (C=O) groups excluding carboxylic acids is 6.